The Morgan fingerprint density at radius 2 is 1.60 bits per heavy atom. The number of aryl methyl sites for hydroxylation is 2. The Kier molecular flexibility index (Phi) is 4.39. The minimum absolute atomic E-state index is 0.0128. The number of rotatable bonds is 4. The number of fused-ring (bicyclic) bond motifs is 1. The summed E-state index contributed by atoms with van der Waals surface area (Å²) in [5.41, 5.74) is 3.51. The van der Waals surface area contributed by atoms with Crippen LogP contribution >= 0.6 is 0 Å². The van der Waals surface area contributed by atoms with Crippen molar-refractivity contribution in [3.63, 3.8) is 0 Å². The molecule has 6 heteroatoms. The minimum Gasteiger partial charge on any atom is -0.322 e. The Hall–Kier alpha value is -2.60. The van der Waals surface area contributed by atoms with Gasteiger partial charge in [0.2, 0.25) is 10.0 Å². The van der Waals surface area contributed by atoms with Crippen molar-refractivity contribution in [2.24, 2.45) is 0 Å². The molecule has 0 saturated heterocycles. The summed E-state index contributed by atoms with van der Waals surface area (Å²) >= 11 is 0. The molecule has 0 unspecified atom stereocenters. The maximum absolute atomic E-state index is 12.4. The van der Waals surface area contributed by atoms with Gasteiger partial charge >= 0.3 is 0 Å². The first kappa shape index (κ1) is 17.2. The lowest BCUT2D eigenvalue weighted by Crippen LogP contribution is -2.31. The Balaban J connectivity index is 2.08. The Morgan fingerprint density at radius 3 is 2.24 bits per heavy atom. The van der Waals surface area contributed by atoms with Crippen molar-refractivity contribution >= 4 is 26.6 Å². The Morgan fingerprint density at radius 1 is 0.960 bits per heavy atom. The SMILES string of the molecule is Cc1ccc(N(Cc2cc3cc(C)ccc3[nH]c2=O)S(C)(=O)=O)cc1. The van der Waals surface area contributed by atoms with Crippen LogP contribution < -0.4 is 9.86 Å². The highest BCUT2D eigenvalue weighted by molar-refractivity contribution is 7.92. The molecule has 0 spiro atoms. The van der Waals surface area contributed by atoms with Crippen molar-refractivity contribution in [2.75, 3.05) is 10.6 Å². The molecule has 1 N–H and O–H groups in total. The molecule has 130 valence electrons. The van der Waals surface area contributed by atoms with E-state index in [2.05, 4.69) is 4.98 Å². The van der Waals surface area contributed by atoms with Crippen LogP contribution in [0.15, 0.2) is 53.3 Å². The predicted octanol–water partition coefficient (Wildman–Crippen LogP) is 3.11. The average Bonchev–Trinajstić information content (AvgIpc) is 2.53. The lowest BCUT2D eigenvalue weighted by atomic mass is 10.1. The van der Waals surface area contributed by atoms with Gasteiger partial charge < -0.3 is 4.98 Å². The number of nitrogens with zero attached hydrogens (tertiary/aromatic N) is 1. The van der Waals surface area contributed by atoms with E-state index in [1.54, 1.807) is 18.2 Å². The zero-order valence-corrected chi connectivity index (χ0v) is 15.2. The van der Waals surface area contributed by atoms with E-state index in [9.17, 15) is 13.2 Å². The summed E-state index contributed by atoms with van der Waals surface area (Å²) in [6.07, 6.45) is 1.15. The van der Waals surface area contributed by atoms with Gasteiger partial charge in [-0.2, -0.15) is 0 Å². The standard InChI is InChI=1S/C19H20N2O3S/c1-13-4-7-17(8-5-13)21(25(3,23)24)12-16-11-15-10-14(2)6-9-18(15)20-19(16)22/h4-11H,12H2,1-3H3,(H,20,22). The van der Waals surface area contributed by atoms with Gasteiger partial charge in [-0.05, 0) is 49.6 Å². The van der Waals surface area contributed by atoms with Gasteiger partial charge in [0.25, 0.3) is 5.56 Å². The monoisotopic (exact) mass is 356 g/mol. The molecule has 2 aromatic carbocycles. The molecule has 0 atom stereocenters. The van der Waals surface area contributed by atoms with Gasteiger partial charge in [-0.15, -0.1) is 0 Å². The molecule has 0 aliphatic heterocycles. The third-order valence-electron chi connectivity index (χ3n) is 4.11. The van der Waals surface area contributed by atoms with Crippen LogP contribution in [0.25, 0.3) is 10.9 Å². The number of aromatic nitrogens is 1. The topological polar surface area (TPSA) is 70.2 Å². The second-order valence-corrected chi connectivity index (χ2v) is 8.23. The first-order valence-electron chi connectivity index (χ1n) is 7.91. The number of sulfonamides is 1. The Bertz CT molecular complexity index is 1080. The molecule has 0 aliphatic rings. The lowest BCUT2D eigenvalue weighted by Gasteiger charge is -2.22. The Labute approximate surface area is 147 Å². The van der Waals surface area contributed by atoms with Crippen molar-refractivity contribution < 1.29 is 8.42 Å². The first-order valence-corrected chi connectivity index (χ1v) is 9.76. The zero-order valence-electron chi connectivity index (χ0n) is 14.4. The van der Waals surface area contributed by atoms with E-state index < -0.39 is 10.0 Å². The lowest BCUT2D eigenvalue weighted by molar-refractivity contribution is 0.596. The number of aromatic amines is 1. The summed E-state index contributed by atoms with van der Waals surface area (Å²) in [7, 11) is -3.53. The molecule has 5 nitrogen and oxygen atoms in total. The minimum atomic E-state index is -3.53. The number of nitrogens with one attached hydrogen (secondary N) is 1. The molecule has 0 bridgehead atoms. The van der Waals surface area contributed by atoms with E-state index in [4.69, 9.17) is 0 Å². The average molecular weight is 356 g/mol. The van der Waals surface area contributed by atoms with E-state index in [0.717, 1.165) is 28.3 Å². The smallest absolute Gasteiger partial charge is 0.253 e. The van der Waals surface area contributed by atoms with E-state index in [0.29, 0.717) is 11.3 Å². The van der Waals surface area contributed by atoms with E-state index in [1.165, 1.54) is 4.31 Å². The highest BCUT2D eigenvalue weighted by Crippen LogP contribution is 2.21. The van der Waals surface area contributed by atoms with Gasteiger partial charge in [-0.25, -0.2) is 8.42 Å². The van der Waals surface area contributed by atoms with Crippen LogP contribution in [-0.2, 0) is 16.6 Å². The molecule has 0 aliphatic carbocycles. The molecule has 0 amide bonds. The van der Waals surface area contributed by atoms with Gasteiger partial charge in [0.05, 0.1) is 18.5 Å². The largest absolute Gasteiger partial charge is 0.322 e. The second kappa shape index (κ2) is 6.37. The fourth-order valence-corrected chi connectivity index (χ4v) is 3.63. The van der Waals surface area contributed by atoms with Gasteiger partial charge in [-0.1, -0.05) is 29.3 Å². The van der Waals surface area contributed by atoms with Crippen LogP contribution in [0.2, 0.25) is 0 Å². The second-order valence-electron chi connectivity index (χ2n) is 6.32. The molecular formula is C19H20N2O3S. The molecule has 3 rings (SSSR count). The van der Waals surface area contributed by atoms with Crippen LogP contribution in [0.5, 0.6) is 0 Å². The number of anilines is 1. The molecule has 1 heterocycles. The van der Waals surface area contributed by atoms with Crippen molar-refractivity contribution in [1.29, 1.82) is 0 Å². The molecule has 1 aromatic heterocycles. The molecule has 0 saturated carbocycles. The van der Waals surface area contributed by atoms with Crippen LogP contribution in [0.4, 0.5) is 5.69 Å². The van der Waals surface area contributed by atoms with Gasteiger partial charge in [0, 0.05) is 11.1 Å². The number of hydrogen-bond acceptors (Lipinski definition) is 3. The summed E-state index contributed by atoms with van der Waals surface area (Å²) in [6, 6.07) is 14.7. The maximum Gasteiger partial charge on any atom is 0.253 e. The third kappa shape index (κ3) is 3.74. The molecular weight excluding hydrogens is 336 g/mol. The maximum atomic E-state index is 12.4. The van der Waals surface area contributed by atoms with Crippen LogP contribution in [0.1, 0.15) is 16.7 Å². The highest BCUT2D eigenvalue weighted by Gasteiger charge is 2.19. The molecule has 0 fully saturated rings. The van der Waals surface area contributed by atoms with E-state index in [1.807, 2.05) is 44.2 Å². The zero-order chi connectivity index (χ0) is 18.2. The summed E-state index contributed by atoms with van der Waals surface area (Å²) in [4.78, 5) is 15.2. The van der Waals surface area contributed by atoms with E-state index >= 15 is 0 Å². The number of pyridine rings is 1. The van der Waals surface area contributed by atoms with Crippen molar-refractivity contribution in [1.82, 2.24) is 4.98 Å². The molecule has 3 aromatic rings. The summed E-state index contributed by atoms with van der Waals surface area (Å²) in [6.45, 7) is 3.89. The van der Waals surface area contributed by atoms with Gasteiger partial charge in [0.1, 0.15) is 0 Å². The summed E-state index contributed by atoms with van der Waals surface area (Å²) in [5, 5.41) is 0.881. The number of hydrogen-bond donors (Lipinski definition) is 1. The number of H-pyrrole nitrogens is 1. The van der Waals surface area contributed by atoms with Crippen LogP contribution in [0.3, 0.4) is 0 Å². The van der Waals surface area contributed by atoms with Crippen LogP contribution in [-0.4, -0.2) is 19.7 Å². The van der Waals surface area contributed by atoms with Crippen molar-refractivity contribution in [3.8, 4) is 0 Å². The van der Waals surface area contributed by atoms with Crippen molar-refractivity contribution in [3.05, 3.63) is 75.6 Å². The summed E-state index contributed by atoms with van der Waals surface area (Å²) in [5.74, 6) is 0. The number of benzene rings is 2. The van der Waals surface area contributed by atoms with Gasteiger partial charge in [-0.3, -0.25) is 9.10 Å². The predicted molar refractivity (Wildman–Crippen MR) is 102 cm³/mol. The van der Waals surface area contributed by atoms with Crippen molar-refractivity contribution in [2.45, 2.75) is 20.4 Å². The summed E-state index contributed by atoms with van der Waals surface area (Å²) < 4.78 is 25.8. The van der Waals surface area contributed by atoms with E-state index in [-0.39, 0.29) is 12.1 Å². The third-order valence-corrected chi connectivity index (χ3v) is 5.25. The quantitative estimate of drug-likeness (QED) is 0.781. The normalized spacial score (nSPS) is 11.6. The van der Waals surface area contributed by atoms with Gasteiger partial charge in [0.15, 0.2) is 0 Å². The molecule has 0 radical (unpaired) electrons. The fourth-order valence-electron chi connectivity index (χ4n) is 2.75. The fraction of sp³-hybridized carbons (Fsp3) is 0.211. The highest BCUT2D eigenvalue weighted by atomic mass is 32.2. The molecule has 25 heavy (non-hydrogen) atoms. The van der Waals surface area contributed by atoms with Crippen LogP contribution in [0, 0.1) is 13.8 Å². The first-order chi connectivity index (χ1) is 11.7.